The zero-order chi connectivity index (χ0) is 13.5. The maximum absolute atomic E-state index is 12.0. The smallest absolute Gasteiger partial charge is 0.0783 e. The Morgan fingerprint density at radius 1 is 1.39 bits per heavy atom. The van der Waals surface area contributed by atoms with Crippen LogP contribution in [0.5, 0.6) is 0 Å². The molecule has 2 N–H and O–H groups in total. The Hall–Kier alpha value is -0.230. The molecule has 18 heavy (non-hydrogen) atoms. The molecule has 102 valence electrons. The molecule has 0 aromatic heterocycles. The summed E-state index contributed by atoms with van der Waals surface area (Å²) in [6, 6.07) is 7.38. The normalized spacial score (nSPS) is 14.7. The van der Waals surface area contributed by atoms with E-state index in [0.29, 0.717) is 12.5 Å². The van der Waals surface area contributed by atoms with E-state index in [1.54, 1.807) is 0 Å². The van der Waals surface area contributed by atoms with Gasteiger partial charge in [-0.2, -0.15) is 0 Å². The van der Waals surface area contributed by atoms with Gasteiger partial charge in [0.05, 0.1) is 22.7 Å². The van der Waals surface area contributed by atoms with Crippen LogP contribution in [-0.4, -0.2) is 34.3 Å². The van der Waals surface area contributed by atoms with Gasteiger partial charge < -0.3 is 10.4 Å². The molecule has 5 heteroatoms. The minimum atomic E-state index is -1.16. The molecule has 0 bridgehead atoms. The predicted octanol–water partition coefficient (Wildman–Crippen LogP) is 2.16. The van der Waals surface area contributed by atoms with Gasteiger partial charge in [-0.15, -0.1) is 0 Å². The number of hydrogen-bond acceptors (Lipinski definition) is 3. The van der Waals surface area contributed by atoms with Crippen LogP contribution in [0.25, 0.3) is 0 Å². The molecular formula is C13H20BrNO2S. The quantitative estimate of drug-likeness (QED) is 0.803. The second-order valence-corrected chi connectivity index (χ2v) is 7.09. The Labute approximate surface area is 120 Å². The maximum Gasteiger partial charge on any atom is 0.0783 e. The summed E-state index contributed by atoms with van der Waals surface area (Å²) in [5, 5.41) is 13.0. The third kappa shape index (κ3) is 6.09. The van der Waals surface area contributed by atoms with E-state index < -0.39 is 16.9 Å². The fourth-order valence-electron chi connectivity index (χ4n) is 1.48. The number of rotatable bonds is 7. The van der Waals surface area contributed by atoms with E-state index in [1.165, 1.54) is 0 Å². The van der Waals surface area contributed by atoms with Crippen molar-refractivity contribution in [1.29, 1.82) is 0 Å². The number of hydrogen-bond donors (Lipinski definition) is 2. The van der Waals surface area contributed by atoms with Crippen LogP contribution in [0.15, 0.2) is 33.6 Å². The van der Waals surface area contributed by atoms with Gasteiger partial charge >= 0.3 is 0 Å². The number of nitrogens with one attached hydrogen (secondary N) is 1. The van der Waals surface area contributed by atoms with Crippen molar-refractivity contribution in [3.05, 3.63) is 28.7 Å². The highest BCUT2D eigenvalue weighted by molar-refractivity contribution is 9.10. The summed E-state index contributed by atoms with van der Waals surface area (Å²) in [6.45, 7) is 5.57. The molecule has 0 saturated carbocycles. The van der Waals surface area contributed by atoms with Crippen LogP contribution in [0.4, 0.5) is 0 Å². The first kappa shape index (κ1) is 15.8. The van der Waals surface area contributed by atoms with Gasteiger partial charge in [0, 0.05) is 15.9 Å². The highest BCUT2D eigenvalue weighted by Crippen LogP contribution is 2.15. The number of aliphatic hydroxyl groups is 1. The monoisotopic (exact) mass is 333 g/mol. The highest BCUT2D eigenvalue weighted by atomic mass is 79.9. The van der Waals surface area contributed by atoms with Gasteiger partial charge in [-0.05, 0) is 30.7 Å². The fraction of sp³-hybridized carbons (Fsp3) is 0.538. The minimum absolute atomic E-state index is 0.265. The van der Waals surface area contributed by atoms with E-state index in [9.17, 15) is 9.32 Å². The van der Waals surface area contributed by atoms with Crippen molar-refractivity contribution >= 4 is 26.7 Å². The number of benzene rings is 1. The van der Waals surface area contributed by atoms with Crippen LogP contribution in [0.1, 0.15) is 13.8 Å². The third-order valence-corrected chi connectivity index (χ3v) is 4.30. The van der Waals surface area contributed by atoms with Crippen molar-refractivity contribution in [3.63, 3.8) is 0 Å². The molecule has 3 nitrogen and oxygen atoms in total. The van der Waals surface area contributed by atoms with Gasteiger partial charge in [0.15, 0.2) is 0 Å². The molecule has 0 aliphatic rings. The highest BCUT2D eigenvalue weighted by Gasteiger charge is 2.11. The van der Waals surface area contributed by atoms with Crippen molar-refractivity contribution < 1.29 is 9.32 Å². The zero-order valence-electron chi connectivity index (χ0n) is 10.7. The van der Waals surface area contributed by atoms with Crippen LogP contribution in [0.3, 0.4) is 0 Å². The molecule has 2 unspecified atom stereocenters. The Morgan fingerprint density at radius 3 is 2.72 bits per heavy atom. The van der Waals surface area contributed by atoms with Gasteiger partial charge in [0.25, 0.3) is 0 Å². The van der Waals surface area contributed by atoms with Crippen molar-refractivity contribution in [2.24, 2.45) is 5.92 Å². The second-order valence-electron chi connectivity index (χ2n) is 4.68. The van der Waals surface area contributed by atoms with Crippen LogP contribution >= 0.6 is 15.9 Å². The average Bonchev–Trinajstić information content (AvgIpc) is 2.28. The third-order valence-electron chi connectivity index (χ3n) is 2.34. The number of aliphatic hydroxyl groups excluding tert-OH is 1. The first-order chi connectivity index (χ1) is 8.49. The number of halogens is 1. The lowest BCUT2D eigenvalue weighted by molar-refractivity contribution is 0.193. The van der Waals surface area contributed by atoms with E-state index in [4.69, 9.17) is 0 Å². The lowest BCUT2D eigenvalue weighted by atomic mass is 10.2. The van der Waals surface area contributed by atoms with Gasteiger partial charge in [0.1, 0.15) is 0 Å². The molecule has 0 aliphatic carbocycles. The summed E-state index contributed by atoms with van der Waals surface area (Å²) in [5.74, 6) is 0.814. The van der Waals surface area contributed by atoms with Crippen molar-refractivity contribution in [2.75, 3.05) is 18.8 Å². The average molecular weight is 334 g/mol. The molecule has 2 atom stereocenters. The summed E-state index contributed by atoms with van der Waals surface area (Å²) in [7, 11) is -1.16. The topological polar surface area (TPSA) is 49.3 Å². The standard InChI is InChI=1S/C13H20BrNO2S/c1-10(2)7-15-8-12(16)9-18(17)13-5-3-4-11(14)6-13/h3-6,10,12,15-16H,7-9H2,1-2H3. The largest absolute Gasteiger partial charge is 0.391 e. The molecule has 0 aliphatic heterocycles. The van der Waals surface area contributed by atoms with Crippen molar-refractivity contribution in [3.8, 4) is 0 Å². The van der Waals surface area contributed by atoms with Crippen LogP contribution in [0, 0.1) is 5.92 Å². The van der Waals surface area contributed by atoms with Gasteiger partial charge in [-0.1, -0.05) is 35.8 Å². The Morgan fingerprint density at radius 2 is 2.11 bits per heavy atom. The summed E-state index contributed by atoms with van der Waals surface area (Å²) >= 11 is 3.35. The molecular weight excluding hydrogens is 314 g/mol. The van der Waals surface area contributed by atoms with Crippen LogP contribution < -0.4 is 5.32 Å². The summed E-state index contributed by atoms with van der Waals surface area (Å²) in [4.78, 5) is 0.743. The zero-order valence-corrected chi connectivity index (χ0v) is 13.1. The van der Waals surface area contributed by atoms with Gasteiger partial charge in [-0.25, -0.2) is 0 Å². The fourth-order valence-corrected chi connectivity index (χ4v) is 3.18. The summed E-state index contributed by atoms with van der Waals surface area (Å²) in [6.07, 6.45) is -0.580. The predicted molar refractivity (Wildman–Crippen MR) is 79.1 cm³/mol. The Balaban J connectivity index is 2.40. The molecule has 1 rings (SSSR count). The van der Waals surface area contributed by atoms with E-state index in [0.717, 1.165) is 15.9 Å². The minimum Gasteiger partial charge on any atom is -0.391 e. The molecule has 0 radical (unpaired) electrons. The van der Waals surface area contributed by atoms with Crippen LogP contribution in [0.2, 0.25) is 0 Å². The molecule has 0 amide bonds. The molecule has 0 saturated heterocycles. The first-order valence-electron chi connectivity index (χ1n) is 6.01. The molecule has 1 aromatic rings. The van der Waals surface area contributed by atoms with E-state index in [2.05, 4.69) is 35.1 Å². The van der Waals surface area contributed by atoms with Gasteiger partial charge in [-0.3, -0.25) is 4.21 Å². The van der Waals surface area contributed by atoms with Crippen molar-refractivity contribution in [2.45, 2.75) is 24.8 Å². The van der Waals surface area contributed by atoms with E-state index >= 15 is 0 Å². The van der Waals surface area contributed by atoms with Crippen LogP contribution in [-0.2, 0) is 10.8 Å². The SMILES string of the molecule is CC(C)CNCC(O)CS(=O)c1cccc(Br)c1. The van der Waals surface area contributed by atoms with Crippen molar-refractivity contribution in [1.82, 2.24) is 5.32 Å². The van der Waals surface area contributed by atoms with Gasteiger partial charge in [0.2, 0.25) is 0 Å². The second kappa shape index (κ2) is 8.04. The van der Waals surface area contributed by atoms with E-state index in [1.807, 2.05) is 24.3 Å². The molecule has 1 aromatic carbocycles. The Kier molecular flexibility index (Phi) is 7.07. The maximum atomic E-state index is 12.0. The lowest BCUT2D eigenvalue weighted by Gasteiger charge is -2.13. The molecule has 0 spiro atoms. The summed E-state index contributed by atoms with van der Waals surface area (Å²) in [5.41, 5.74) is 0. The molecule has 0 fully saturated rings. The van der Waals surface area contributed by atoms with E-state index in [-0.39, 0.29) is 5.75 Å². The summed E-state index contributed by atoms with van der Waals surface area (Å²) < 4.78 is 12.9. The first-order valence-corrected chi connectivity index (χ1v) is 8.13. The Bertz CT molecular complexity index is 398. The molecule has 0 heterocycles. The lowest BCUT2D eigenvalue weighted by Crippen LogP contribution is -2.32.